The SMILES string of the molecule is CN=C(NCC(=O)NCc1ccco1)NCC1(C)CCCO1.I. The Morgan fingerprint density at radius 3 is 2.83 bits per heavy atom. The van der Waals surface area contributed by atoms with Gasteiger partial charge in [-0.15, -0.1) is 24.0 Å². The molecule has 1 atom stereocenters. The first-order valence-electron chi connectivity index (χ1n) is 7.49. The first-order chi connectivity index (χ1) is 10.6. The van der Waals surface area contributed by atoms with Crippen molar-refractivity contribution in [2.75, 3.05) is 26.7 Å². The van der Waals surface area contributed by atoms with Crippen LogP contribution in [0.4, 0.5) is 0 Å². The lowest BCUT2D eigenvalue weighted by atomic mass is 10.0. The van der Waals surface area contributed by atoms with Gasteiger partial charge in [-0.1, -0.05) is 0 Å². The maximum Gasteiger partial charge on any atom is 0.239 e. The van der Waals surface area contributed by atoms with E-state index in [1.54, 1.807) is 19.4 Å². The molecule has 1 saturated heterocycles. The largest absolute Gasteiger partial charge is 0.467 e. The number of furan rings is 1. The van der Waals surface area contributed by atoms with Crippen LogP contribution in [0.25, 0.3) is 0 Å². The van der Waals surface area contributed by atoms with E-state index >= 15 is 0 Å². The molecule has 1 aromatic rings. The first kappa shape index (κ1) is 19.8. The molecule has 0 saturated carbocycles. The molecule has 1 fully saturated rings. The van der Waals surface area contributed by atoms with Gasteiger partial charge in [-0.05, 0) is 31.9 Å². The van der Waals surface area contributed by atoms with Crippen LogP contribution in [0, 0.1) is 0 Å². The van der Waals surface area contributed by atoms with Crippen LogP contribution in [-0.4, -0.2) is 44.2 Å². The highest BCUT2D eigenvalue weighted by atomic mass is 127. The Labute approximate surface area is 153 Å². The average molecular weight is 436 g/mol. The monoisotopic (exact) mass is 436 g/mol. The lowest BCUT2D eigenvalue weighted by molar-refractivity contribution is -0.120. The maximum atomic E-state index is 11.8. The van der Waals surface area contributed by atoms with Gasteiger partial charge in [-0.2, -0.15) is 0 Å². The zero-order valence-corrected chi connectivity index (χ0v) is 15.9. The van der Waals surface area contributed by atoms with E-state index < -0.39 is 0 Å². The molecule has 1 aromatic heterocycles. The lowest BCUT2D eigenvalue weighted by Gasteiger charge is -2.24. The molecule has 0 aliphatic carbocycles. The standard InChI is InChI=1S/C15H24N4O3.HI/c1-15(6-4-8-22-15)11-19-14(16-2)18-10-13(20)17-9-12-5-3-7-21-12;/h3,5,7H,4,6,8-11H2,1-2H3,(H,17,20)(H2,16,18,19);1H. The van der Waals surface area contributed by atoms with Crippen molar-refractivity contribution in [2.45, 2.75) is 31.9 Å². The highest BCUT2D eigenvalue weighted by Gasteiger charge is 2.29. The Hall–Kier alpha value is -1.29. The van der Waals surface area contributed by atoms with Crippen molar-refractivity contribution in [3.63, 3.8) is 0 Å². The minimum Gasteiger partial charge on any atom is -0.467 e. The number of hydrogen-bond donors (Lipinski definition) is 3. The fraction of sp³-hybridized carbons (Fsp3) is 0.600. The van der Waals surface area contributed by atoms with E-state index in [4.69, 9.17) is 9.15 Å². The minimum atomic E-state index is -0.154. The van der Waals surface area contributed by atoms with Crippen molar-refractivity contribution in [3.05, 3.63) is 24.2 Å². The predicted octanol–water partition coefficient (Wildman–Crippen LogP) is 1.25. The van der Waals surface area contributed by atoms with Gasteiger partial charge in [0.25, 0.3) is 0 Å². The Balaban J connectivity index is 0.00000264. The van der Waals surface area contributed by atoms with Gasteiger partial charge in [0, 0.05) is 20.2 Å². The Kier molecular flexibility index (Phi) is 8.38. The van der Waals surface area contributed by atoms with Crippen LogP contribution in [-0.2, 0) is 16.1 Å². The van der Waals surface area contributed by atoms with Crippen LogP contribution < -0.4 is 16.0 Å². The van der Waals surface area contributed by atoms with Gasteiger partial charge in [0.1, 0.15) is 5.76 Å². The first-order valence-corrected chi connectivity index (χ1v) is 7.49. The molecule has 3 N–H and O–H groups in total. The summed E-state index contributed by atoms with van der Waals surface area (Å²) in [5, 5.41) is 8.94. The molecule has 1 amide bonds. The van der Waals surface area contributed by atoms with Crippen molar-refractivity contribution in [2.24, 2.45) is 4.99 Å². The Bertz CT molecular complexity index is 499. The second-order valence-corrected chi connectivity index (χ2v) is 5.54. The molecule has 130 valence electrons. The molecule has 0 radical (unpaired) electrons. The van der Waals surface area contributed by atoms with Gasteiger partial charge in [0.05, 0.1) is 25.0 Å². The normalized spacial score (nSPS) is 20.7. The summed E-state index contributed by atoms with van der Waals surface area (Å²) in [6.07, 6.45) is 3.69. The van der Waals surface area contributed by atoms with Gasteiger partial charge < -0.3 is 25.1 Å². The number of hydrogen-bond acceptors (Lipinski definition) is 4. The third-order valence-corrected chi connectivity index (χ3v) is 3.61. The number of halogens is 1. The van der Waals surface area contributed by atoms with Crippen LogP contribution in [0.5, 0.6) is 0 Å². The van der Waals surface area contributed by atoms with E-state index in [2.05, 4.69) is 27.9 Å². The van der Waals surface area contributed by atoms with Gasteiger partial charge in [0.2, 0.25) is 5.91 Å². The van der Waals surface area contributed by atoms with E-state index in [0.717, 1.165) is 25.2 Å². The quantitative estimate of drug-likeness (QED) is 0.355. The zero-order chi connectivity index (χ0) is 15.8. The highest BCUT2D eigenvalue weighted by molar-refractivity contribution is 14.0. The predicted molar refractivity (Wildman–Crippen MR) is 98.9 cm³/mol. The average Bonchev–Trinajstić information content (AvgIpc) is 3.17. The summed E-state index contributed by atoms with van der Waals surface area (Å²) in [5.41, 5.74) is -0.154. The van der Waals surface area contributed by atoms with Crippen LogP contribution in [0.2, 0.25) is 0 Å². The molecular formula is C15H25IN4O3. The Morgan fingerprint density at radius 1 is 1.39 bits per heavy atom. The van der Waals surface area contributed by atoms with Gasteiger partial charge >= 0.3 is 0 Å². The molecule has 1 aliphatic rings. The van der Waals surface area contributed by atoms with Crippen molar-refractivity contribution < 1.29 is 13.9 Å². The molecule has 0 aromatic carbocycles. The molecule has 7 nitrogen and oxygen atoms in total. The third kappa shape index (κ3) is 6.78. The summed E-state index contributed by atoms with van der Waals surface area (Å²) >= 11 is 0. The smallest absolute Gasteiger partial charge is 0.239 e. The molecule has 1 unspecified atom stereocenters. The molecule has 23 heavy (non-hydrogen) atoms. The van der Waals surface area contributed by atoms with Crippen LogP contribution in [0.3, 0.4) is 0 Å². The molecule has 0 spiro atoms. The van der Waals surface area contributed by atoms with Gasteiger partial charge in [-0.25, -0.2) is 0 Å². The highest BCUT2D eigenvalue weighted by Crippen LogP contribution is 2.23. The summed E-state index contributed by atoms with van der Waals surface area (Å²) in [6.45, 7) is 4.08. The van der Waals surface area contributed by atoms with E-state index in [1.165, 1.54) is 0 Å². The van der Waals surface area contributed by atoms with Gasteiger partial charge in [-0.3, -0.25) is 9.79 Å². The van der Waals surface area contributed by atoms with Gasteiger partial charge in [0.15, 0.2) is 5.96 Å². The minimum absolute atomic E-state index is 0. The van der Waals surface area contributed by atoms with E-state index in [-0.39, 0.29) is 42.0 Å². The number of aliphatic imine (C=N–C) groups is 1. The fourth-order valence-electron chi connectivity index (χ4n) is 2.29. The molecule has 2 heterocycles. The zero-order valence-electron chi connectivity index (χ0n) is 13.6. The number of nitrogens with one attached hydrogen (secondary N) is 3. The van der Waals surface area contributed by atoms with E-state index in [0.29, 0.717) is 19.0 Å². The number of ether oxygens (including phenoxy) is 1. The number of carbonyl (C=O) groups excluding carboxylic acids is 1. The van der Waals surface area contributed by atoms with Crippen molar-refractivity contribution in [1.82, 2.24) is 16.0 Å². The second-order valence-electron chi connectivity index (χ2n) is 5.54. The summed E-state index contributed by atoms with van der Waals surface area (Å²) in [6, 6.07) is 3.60. The van der Waals surface area contributed by atoms with Crippen molar-refractivity contribution in [3.8, 4) is 0 Å². The topological polar surface area (TPSA) is 87.9 Å². The van der Waals surface area contributed by atoms with E-state index in [1.807, 2.05) is 6.07 Å². The second kappa shape index (κ2) is 9.76. The number of rotatable bonds is 6. The summed E-state index contributed by atoms with van der Waals surface area (Å²) < 4.78 is 10.9. The lowest BCUT2D eigenvalue weighted by Crippen LogP contribution is -2.47. The number of carbonyl (C=O) groups is 1. The van der Waals surface area contributed by atoms with Crippen LogP contribution >= 0.6 is 24.0 Å². The van der Waals surface area contributed by atoms with Crippen LogP contribution in [0.15, 0.2) is 27.8 Å². The summed E-state index contributed by atoms with van der Waals surface area (Å²) in [7, 11) is 1.67. The third-order valence-electron chi connectivity index (χ3n) is 3.61. The fourth-order valence-corrected chi connectivity index (χ4v) is 2.29. The van der Waals surface area contributed by atoms with Crippen molar-refractivity contribution in [1.29, 1.82) is 0 Å². The van der Waals surface area contributed by atoms with Crippen LogP contribution in [0.1, 0.15) is 25.5 Å². The molecule has 2 rings (SSSR count). The summed E-state index contributed by atoms with van der Waals surface area (Å²) in [5.74, 6) is 1.19. The number of nitrogens with zero attached hydrogens (tertiary/aromatic N) is 1. The summed E-state index contributed by atoms with van der Waals surface area (Å²) in [4.78, 5) is 15.9. The molecular weight excluding hydrogens is 411 g/mol. The maximum absolute atomic E-state index is 11.8. The number of guanidine groups is 1. The molecule has 8 heteroatoms. The van der Waals surface area contributed by atoms with E-state index in [9.17, 15) is 4.79 Å². The number of amides is 1. The van der Waals surface area contributed by atoms with Crippen molar-refractivity contribution >= 4 is 35.8 Å². The Morgan fingerprint density at radius 2 is 2.22 bits per heavy atom. The molecule has 1 aliphatic heterocycles. The molecule has 0 bridgehead atoms.